The summed E-state index contributed by atoms with van der Waals surface area (Å²) < 4.78 is 40.7. The summed E-state index contributed by atoms with van der Waals surface area (Å²) in [6, 6.07) is 17.8. The normalized spacial score (nSPS) is 11.4. The van der Waals surface area contributed by atoms with Crippen molar-refractivity contribution in [1.29, 1.82) is 0 Å². The predicted molar refractivity (Wildman–Crippen MR) is 99.3 cm³/mol. The van der Waals surface area contributed by atoms with E-state index < -0.39 is 11.7 Å². The molecule has 0 spiro atoms. The molecular weight excluding hydrogens is 415 g/mol. The van der Waals surface area contributed by atoms with Gasteiger partial charge in [-0.1, -0.05) is 39.7 Å². The fourth-order valence-electron chi connectivity index (χ4n) is 2.37. The van der Waals surface area contributed by atoms with Crippen molar-refractivity contribution in [3.05, 3.63) is 81.8 Å². The van der Waals surface area contributed by atoms with Gasteiger partial charge in [-0.05, 0) is 65.7 Å². The maximum absolute atomic E-state index is 13.3. The average molecular weight is 427 g/mol. The number of benzene rings is 3. The van der Waals surface area contributed by atoms with Crippen LogP contribution in [0.2, 0.25) is 5.02 Å². The molecule has 6 heteroatoms. The first-order valence-corrected chi connectivity index (χ1v) is 8.49. The Hall–Kier alpha value is -1.98. The minimum absolute atomic E-state index is 0.357. The summed E-state index contributed by atoms with van der Waals surface area (Å²) in [6.45, 7) is 0. The smallest absolute Gasteiger partial charge is 0.355 e. The van der Waals surface area contributed by atoms with Gasteiger partial charge in [0.05, 0.1) is 5.56 Å². The lowest BCUT2D eigenvalue weighted by molar-refractivity contribution is -0.137. The summed E-state index contributed by atoms with van der Waals surface area (Å²) in [4.78, 5) is 0. The molecule has 1 N–H and O–H groups in total. The molecule has 3 rings (SSSR count). The van der Waals surface area contributed by atoms with E-state index in [-0.39, 0.29) is 0 Å². The lowest BCUT2D eigenvalue weighted by atomic mass is 10.0. The van der Waals surface area contributed by atoms with Gasteiger partial charge < -0.3 is 5.32 Å². The Bertz CT molecular complexity index is 875. The van der Waals surface area contributed by atoms with E-state index in [9.17, 15) is 13.2 Å². The van der Waals surface area contributed by atoms with Crippen molar-refractivity contribution in [3.63, 3.8) is 0 Å². The van der Waals surface area contributed by atoms with E-state index in [4.69, 9.17) is 11.6 Å². The zero-order valence-electron chi connectivity index (χ0n) is 12.7. The molecule has 3 aromatic carbocycles. The van der Waals surface area contributed by atoms with Crippen molar-refractivity contribution < 1.29 is 13.2 Å². The monoisotopic (exact) mass is 425 g/mol. The Kier molecular flexibility index (Phi) is 5.06. The summed E-state index contributed by atoms with van der Waals surface area (Å²) in [5, 5.41) is 3.56. The summed E-state index contributed by atoms with van der Waals surface area (Å²) in [7, 11) is 0. The van der Waals surface area contributed by atoms with Crippen molar-refractivity contribution in [1.82, 2.24) is 0 Å². The topological polar surface area (TPSA) is 12.0 Å². The van der Waals surface area contributed by atoms with Crippen molar-refractivity contribution >= 4 is 38.9 Å². The lowest BCUT2D eigenvalue weighted by Crippen LogP contribution is -2.06. The van der Waals surface area contributed by atoms with E-state index in [1.54, 1.807) is 54.6 Å². The third kappa shape index (κ3) is 4.55. The van der Waals surface area contributed by atoms with Gasteiger partial charge in [0.2, 0.25) is 0 Å². The highest BCUT2D eigenvalue weighted by atomic mass is 79.9. The molecule has 0 saturated heterocycles. The van der Waals surface area contributed by atoms with Crippen LogP contribution in [0.1, 0.15) is 5.56 Å². The van der Waals surface area contributed by atoms with Gasteiger partial charge in [-0.25, -0.2) is 0 Å². The Morgan fingerprint density at radius 2 is 1.40 bits per heavy atom. The van der Waals surface area contributed by atoms with Gasteiger partial charge in [0.1, 0.15) is 0 Å². The third-order valence-corrected chi connectivity index (χ3v) is 4.35. The van der Waals surface area contributed by atoms with Crippen molar-refractivity contribution in [2.75, 3.05) is 5.32 Å². The molecule has 0 saturated carbocycles. The zero-order valence-corrected chi connectivity index (χ0v) is 15.1. The van der Waals surface area contributed by atoms with Crippen molar-refractivity contribution in [3.8, 4) is 11.1 Å². The van der Waals surface area contributed by atoms with Crippen molar-refractivity contribution in [2.24, 2.45) is 0 Å². The van der Waals surface area contributed by atoms with Crippen LogP contribution in [0.4, 0.5) is 24.5 Å². The molecule has 0 unspecified atom stereocenters. The first kappa shape index (κ1) is 17.8. The largest absolute Gasteiger partial charge is 0.416 e. The molecular formula is C19H12BrClF3N. The van der Waals surface area contributed by atoms with E-state index in [0.29, 0.717) is 27.5 Å². The summed E-state index contributed by atoms with van der Waals surface area (Å²) >= 11 is 9.16. The van der Waals surface area contributed by atoms with Crippen LogP contribution in [0, 0.1) is 0 Å². The van der Waals surface area contributed by atoms with E-state index in [1.807, 2.05) is 0 Å². The molecule has 0 aliphatic rings. The van der Waals surface area contributed by atoms with Crippen LogP contribution in [0.5, 0.6) is 0 Å². The van der Waals surface area contributed by atoms with Crippen LogP contribution < -0.4 is 5.32 Å². The van der Waals surface area contributed by atoms with Gasteiger partial charge in [0.25, 0.3) is 0 Å². The Balaban J connectivity index is 2.03. The van der Waals surface area contributed by atoms with Crippen LogP contribution in [-0.2, 0) is 6.18 Å². The number of halogens is 5. The molecule has 25 heavy (non-hydrogen) atoms. The molecule has 1 nitrogen and oxygen atoms in total. The van der Waals surface area contributed by atoms with Crippen molar-refractivity contribution in [2.45, 2.75) is 6.18 Å². The Morgan fingerprint density at radius 3 is 2.00 bits per heavy atom. The molecule has 128 valence electrons. The number of alkyl halides is 3. The van der Waals surface area contributed by atoms with Gasteiger partial charge in [-0.15, -0.1) is 0 Å². The van der Waals surface area contributed by atoms with Crippen LogP contribution >= 0.6 is 27.5 Å². The highest BCUT2D eigenvalue weighted by Crippen LogP contribution is 2.36. The summed E-state index contributed by atoms with van der Waals surface area (Å²) in [5.41, 5.74) is 1.50. The van der Waals surface area contributed by atoms with Gasteiger partial charge in [-0.3, -0.25) is 0 Å². The number of hydrogen-bond donors (Lipinski definition) is 1. The molecule has 0 fully saturated rings. The molecule has 0 atom stereocenters. The Labute approximate surface area is 156 Å². The molecule has 3 aromatic rings. The maximum Gasteiger partial charge on any atom is 0.416 e. The van der Waals surface area contributed by atoms with Gasteiger partial charge in [-0.2, -0.15) is 13.2 Å². The van der Waals surface area contributed by atoms with Gasteiger partial charge >= 0.3 is 6.18 Å². The van der Waals surface area contributed by atoms with E-state index >= 15 is 0 Å². The summed E-state index contributed by atoms with van der Waals surface area (Å²) in [6.07, 6.45) is -4.43. The Morgan fingerprint density at radius 1 is 0.760 bits per heavy atom. The first-order valence-electron chi connectivity index (χ1n) is 7.32. The molecule has 0 aliphatic heterocycles. The van der Waals surface area contributed by atoms with Crippen LogP contribution in [0.25, 0.3) is 11.1 Å². The third-order valence-electron chi connectivity index (χ3n) is 3.57. The fourth-order valence-corrected chi connectivity index (χ4v) is 2.76. The molecule has 0 aromatic heterocycles. The zero-order chi connectivity index (χ0) is 18.0. The van der Waals surface area contributed by atoms with Gasteiger partial charge in [0, 0.05) is 20.9 Å². The lowest BCUT2D eigenvalue weighted by Gasteiger charge is -2.14. The quantitative estimate of drug-likeness (QED) is 0.456. The molecule has 0 heterocycles. The molecule has 0 radical (unpaired) electrons. The van der Waals surface area contributed by atoms with Crippen LogP contribution in [0.15, 0.2) is 71.2 Å². The fraction of sp³-hybridized carbons (Fsp3) is 0.0526. The molecule has 0 aliphatic carbocycles. The maximum atomic E-state index is 13.3. The molecule has 0 bridgehead atoms. The van der Waals surface area contributed by atoms with Crippen LogP contribution in [-0.4, -0.2) is 0 Å². The SMILES string of the molecule is FC(F)(F)c1cc(Nc2ccc(Cl)cc2)cc(-c2ccc(Br)cc2)c1. The first-order chi connectivity index (χ1) is 11.8. The van der Waals surface area contributed by atoms with E-state index in [2.05, 4.69) is 21.2 Å². The minimum Gasteiger partial charge on any atom is -0.355 e. The second-order valence-corrected chi connectivity index (χ2v) is 6.79. The second kappa shape index (κ2) is 7.10. The number of nitrogens with one attached hydrogen (secondary N) is 1. The number of anilines is 2. The standard InChI is InChI=1S/C19H12BrClF3N/c20-15-3-1-12(2-4-15)13-9-14(19(22,23)24)11-18(10-13)25-17-7-5-16(21)6-8-17/h1-11,25H. The average Bonchev–Trinajstić information content (AvgIpc) is 2.56. The van der Waals surface area contributed by atoms with Gasteiger partial charge in [0.15, 0.2) is 0 Å². The number of hydrogen-bond acceptors (Lipinski definition) is 1. The molecule has 0 amide bonds. The summed E-state index contributed by atoms with van der Waals surface area (Å²) in [5.74, 6) is 0. The van der Waals surface area contributed by atoms with Crippen LogP contribution in [0.3, 0.4) is 0 Å². The number of rotatable bonds is 3. The minimum atomic E-state index is -4.43. The van der Waals surface area contributed by atoms with E-state index in [1.165, 1.54) is 0 Å². The highest BCUT2D eigenvalue weighted by molar-refractivity contribution is 9.10. The second-order valence-electron chi connectivity index (χ2n) is 5.44. The van der Waals surface area contributed by atoms with E-state index in [0.717, 1.165) is 16.6 Å². The highest BCUT2D eigenvalue weighted by Gasteiger charge is 2.31. The predicted octanol–water partition coefficient (Wildman–Crippen LogP) is 7.53.